The fraction of sp³-hybridized carbons (Fsp3) is 0.632. The Labute approximate surface area is 145 Å². The number of hydrogen-bond donors (Lipinski definition) is 1. The highest BCUT2D eigenvalue weighted by Gasteiger charge is 2.22. The maximum absolute atomic E-state index is 12.3. The molecule has 1 saturated heterocycles. The summed E-state index contributed by atoms with van der Waals surface area (Å²) >= 11 is 0. The maximum Gasteiger partial charge on any atom is 0.260 e. The van der Waals surface area contributed by atoms with Gasteiger partial charge in [0.1, 0.15) is 11.5 Å². The maximum atomic E-state index is 12.3. The Hall–Kier alpha value is -1.75. The normalized spacial score (nSPS) is 15.3. The molecule has 1 aliphatic heterocycles. The number of carbonyl (C=O) groups is 1. The molecule has 1 aromatic carbocycles. The molecule has 0 atom stereocenters. The second-order valence-electron chi connectivity index (χ2n) is 6.24. The average molecular weight is 334 g/mol. The van der Waals surface area contributed by atoms with Crippen LogP contribution in [-0.2, 0) is 4.79 Å². The molecule has 0 aliphatic carbocycles. The van der Waals surface area contributed by atoms with Crippen molar-refractivity contribution in [3.63, 3.8) is 0 Å². The van der Waals surface area contributed by atoms with Crippen molar-refractivity contribution < 1.29 is 14.3 Å². The van der Waals surface area contributed by atoms with E-state index in [1.165, 1.54) is 0 Å². The fourth-order valence-corrected chi connectivity index (χ4v) is 2.82. The highest BCUT2D eigenvalue weighted by Crippen LogP contribution is 2.19. The lowest BCUT2D eigenvalue weighted by Gasteiger charge is -2.32. The van der Waals surface area contributed by atoms with Crippen LogP contribution in [0.2, 0.25) is 0 Å². The lowest BCUT2D eigenvalue weighted by atomic mass is 9.97. The molecular formula is C19H30N2O3. The van der Waals surface area contributed by atoms with Gasteiger partial charge in [-0.1, -0.05) is 13.8 Å². The van der Waals surface area contributed by atoms with Crippen molar-refractivity contribution in [2.24, 2.45) is 5.92 Å². The molecule has 0 radical (unpaired) electrons. The first kappa shape index (κ1) is 18.6. The number of piperidine rings is 1. The van der Waals surface area contributed by atoms with Gasteiger partial charge in [-0.2, -0.15) is 0 Å². The largest absolute Gasteiger partial charge is 0.494 e. The third-order valence-corrected chi connectivity index (χ3v) is 4.31. The van der Waals surface area contributed by atoms with Crippen LogP contribution in [-0.4, -0.2) is 50.2 Å². The van der Waals surface area contributed by atoms with Crippen molar-refractivity contribution in [1.29, 1.82) is 0 Å². The van der Waals surface area contributed by atoms with Gasteiger partial charge in [0.05, 0.1) is 6.61 Å². The Balaban J connectivity index is 1.69. The van der Waals surface area contributed by atoms with Crippen LogP contribution in [0.15, 0.2) is 24.3 Å². The summed E-state index contributed by atoms with van der Waals surface area (Å²) in [6.07, 6.45) is 3.13. The number of nitrogens with one attached hydrogen (secondary N) is 1. The molecule has 0 spiro atoms. The zero-order valence-electron chi connectivity index (χ0n) is 14.9. The molecule has 24 heavy (non-hydrogen) atoms. The predicted octanol–water partition coefficient (Wildman–Crippen LogP) is 2.70. The van der Waals surface area contributed by atoms with E-state index in [0.29, 0.717) is 18.3 Å². The molecule has 5 heteroatoms. The molecule has 0 unspecified atom stereocenters. The van der Waals surface area contributed by atoms with E-state index in [0.717, 1.165) is 51.2 Å². The summed E-state index contributed by atoms with van der Waals surface area (Å²) < 4.78 is 11.1. The topological polar surface area (TPSA) is 50.8 Å². The van der Waals surface area contributed by atoms with Crippen molar-refractivity contribution in [3.8, 4) is 11.5 Å². The molecule has 0 aromatic heterocycles. The zero-order valence-corrected chi connectivity index (χ0v) is 14.9. The minimum atomic E-state index is 0.0724. The average Bonchev–Trinajstić information content (AvgIpc) is 2.64. The summed E-state index contributed by atoms with van der Waals surface area (Å²) in [7, 11) is 0. The van der Waals surface area contributed by atoms with E-state index >= 15 is 0 Å². The van der Waals surface area contributed by atoms with Crippen LogP contribution < -0.4 is 14.8 Å². The predicted molar refractivity (Wildman–Crippen MR) is 95.6 cm³/mol. The minimum Gasteiger partial charge on any atom is -0.494 e. The van der Waals surface area contributed by atoms with Crippen LogP contribution in [0.25, 0.3) is 0 Å². The molecule has 1 N–H and O–H groups in total. The van der Waals surface area contributed by atoms with Crippen LogP contribution in [0, 0.1) is 5.92 Å². The summed E-state index contributed by atoms with van der Waals surface area (Å²) in [5, 5.41) is 3.39. The van der Waals surface area contributed by atoms with Gasteiger partial charge in [-0.05, 0) is 62.5 Å². The van der Waals surface area contributed by atoms with E-state index in [9.17, 15) is 4.79 Å². The van der Waals surface area contributed by atoms with Crippen LogP contribution in [0.3, 0.4) is 0 Å². The molecule has 1 aliphatic rings. The Morgan fingerprint density at radius 2 is 1.75 bits per heavy atom. The summed E-state index contributed by atoms with van der Waals surface area (Å²) in [5.74, 6) is 2.29. The highest BCUT2D eigenvalue weighted by atomic mass is 16.5. The van der Waals surface area contributed by atoms with Crippen LogP contribution in [0.4, 0.5) is 0 Å². The van der Waals surface area contributed by atoms with Crippen molar-refractivity contribution in [2.75, 3.05) is 39.4 Å². The Morgan fingerprint density at radius 3 is 2.33 bits per heavy atom. The fourth-order valence-electron chi connectivity index (χ4n) is 2.82. The molecular weight excluding hydrogens is 304 g/mol. The number of ether oxygens (including phenoxy) is 2. The number of benzene rings is 1. The van der Waals surface area contributed by atoms with Gasteiger partial charge in [-0.25, -0.2) is 0 Å². The van der Waals surface area contributed by atoms with Crippen LogP contribution in [0.5, 0.6) is 11.5 Å². The van der Waals surface area contributed by atoms with E-state index in [2.05, 4.69) is 19.2 Å². The monoisotopic (exact) mass is 334 g/mol. The van der Waals surface area contributed by atoms with Gasteiger partial charge in [0.2, 0.25) is 0 Å². The molecule has 1 heterocycles. The van der Waals surface area contributed by atoms with Crippen LogP contribution >= 0.6 is 0 Å². The van der Waals surface area contributed by atoms with E-state index in [4.69, 9.17) is 9.47 Å². The lowest BCUT2D eigenvalue weighted by Crippen LogP contribution is -2.42. The summed E-state index contributed by atoms with van der Waals surface area (Å²) in [4.78, 5) is 14.2. The first-order valence-corrected chi connectivity index (χ1v) is 9.07. The van der Waals surface area contributed by atoms with Crippen LogP contribution in [0.1, 0.15) is 33.1 Å². The quantitative estimate of drug-likeness (QED) is 0.754. The first-order chi connectivity index (χ1) is 11.7. The van der Waals surface area contributed by atoms with Gasteiger partial charge in [0, 0.05) is 13.1 Å². The van der Waals surface area contributed by atoms with Gasteiger partial charge in [-0.3, -0.25) is 4.79 Å². The smallest absolute Gasteiger partial charge is 0.260 e. The SMILES string of the molecule is CCCOc1ccc(OCC(=O)N2CCC(CNCC)CC2)cc1. The van der Waals surface area contributed by atoms with E-state index in [-0.39, 0.29) is 12.5 Å². The molecule has 1 amide bonds. The number of nitrogens with zero attached hydrogens (tertiary/aromatic N) is 1. The van der Waals surface area contributed by atoms with Gasteiger partial charge < -0.3 is 19.7 Å². The minimum absolute atomic E-state index is 0.0724. The van der Waals surface area contributed by atoms with Crippen molar-refractivity contribution in [2.45, 2.75) is 33.1 Å². The number of carbonyl (C=O) groups excluding carboxylic acids is 1. The summed E-state index contributed by atoms with van der Waals surface area (Å²) in [5.41, 5.74) is 0. The summed E-state index contributed by atoms with van der Waals surface area (Å²) in [6, 6.07) is 7.45. The first-order valence-electron chi connectivity index (χ1n) is 9.07. The standard InChI is InChI=1S/C19H30N2O3/c1-3-13-23-17-5-7-18(8-6-17)24-15-19(22)21-11-9-16(10-12-21)14-20-4-2/h5-8,16,20H,3-4,9-15H2,1-2H3. The number of amides is 1. The Bertz CT molecular complexity index is 482. The number of rotatable bonds is 9. The van der Waals surface area contributed by atoms with E-state index in [1.54, 1.807) is 0 Å². The number of hydrogen-bond acceptors (Lipinski definition) is 4. The molecule has 0 bridgehead atoms. The van der Waals surface area contributed by atoms with E-state index in [1.807, 2.05) is 29.2 Å². The summed E-state index contributed by atoms with van der Waals surface area (Å²) in [6.45, 7) is 8.75. The molecule has 0 saturated carbocycles. The van der Waals surface area contributed by atoms with E-state index < -0.39 is 0 Å². The third kappa shape index (κ3) is 6.04. The molecule has 1 aromatic rings. The van der Waals surface area contributed by atoms with Gasteiger partial charge in [0.15, 0.2) is 6.61 Å². The third-order valence-electron chi connectivity index (χ3n) is 4.31. The number of likely N-dealkylation sites (tertiary alicyclic amines) is 1. The Morgan fingerprint density at radius 1 is 1.12 bits per heavy atom. The van der Waals surface area contributed by atoms with Crippen molar-refractivity contribution in [3.05, 3.63) is 24.3 Å². The van der Waals surface area contributed by atoms with Gasteiger partial charge >= 0.3 is 0 Å². The Kier molecular flexibility index (Phi) is 7.89. The van der Waals surface area contributed by atoms with Crippen molar-refractivity contribution >= 4 is 5.91 Å². The zero-order chi connectivity index (χ0) is 17.2. The molecule has 5 nitrogen and oxygen atoms in total. The molecule has 1 fully saturated rings. The highest BCUT2D eigenvalue weighted by molar-refractivity contribution is 5.77. The second kappa shape index (κ2) is 10.2. The molecule has 2 rings (SSSR count). The molecule has 134 valence electrons. The second-order valence-corrected chi connectivity index (χ2v) is 6.24. The van der Waals surface area contributed by atoms with Gasteiger partial charge in [0.25, 0.3) is 5.91 Å². The van der Waals surface area contributed by atoms with Crippen molar-refractivity contribution in [1.82, 2.24) is 10.2 Å². The van der Waals surface area contributed by atoms with Gasteiger partial charge in [-0.15, -0.1) is 0 Å². The lowest BCUT2D eigenvalue weighted by molar-refractivity contribution is -0.134.